The molecular weight excluding hydrogens is 370 g/mol. The number of nitrogens with one attached hydrogen (secondary N) is 1. The Labute approximate surface area is 148 Å². The van der Waals surface area contributed by atoms with E-state index in [1.54, 1.807) is 12.1 Å². The number of rotatable bonds is 4. The monoisotopic (exact) mass is 387 g/mol. The summed E-state index contributed by atoms with van der Waals surface area (Å²) in [7, 11) is 0. The van der Waals surface area contributed by atoms with Crippen LogP contribution in [-0.2, 0) is 11.2 Å². The van der Waals surface area contributed by atoms with Crippen molar-refractivity contribution >= 4 is 21.8 Å². The molecule has 0 aromatic heterocycles. The van der Waals surface area contributed by atoms with Crippen LogP contribution >= 0.6 is 15.9 Å². The normalized spacial score (nSPS) is 24.8. The largest absolute Gasteiger partial charge is 0.508 e. The van der Waals surface area contributed by atoms with Crippen molar-refractivity contribution in [3.63, 3.8) is 0 Å². The highest BCUT2D eigenvalue weighted by Crippen LogP contribution is 2.62. The smallest absolute Gasteiger partial charge is 0.224 e. The van der Waals surface area contributed by atoms with Crippen LogP contribution in [0, 0.1) is 11.8 Å². The van der Waals surface area contributed by atoms with Crippen LogP contribution in [0.3, 0.4) is 0 Å². The zero-order valence-electron chi connectivity index (χ0n) is 12.9. The fourth-order valence-corrected chi connectivity index (χ4v) is 4.42. The molecule has 0 radical (unpaired) electrons. The van der Waals surface area contributed by atoms with Crippen molar-refractivity contribution in [2.45, 2.75) is 18.4 Å². The molecule has 3 N–H and O–H groups in total. The molecular formula is C19H18BrNO3. The van der Waals surface area contributed by atoms with Crippen LogP contribution in [0.1, 0.15) is 28.7 Å². The van der Waals surface area contributed by atoms with E-state index in [0.29, 0.717) is 17.4 Å². The summed E-state index contributed by atoms with van der Waals surface area (Å²) < 4.78 is 1.13. The maximum atomic E-state index is 12.4. The molecule has 0 bridgehead atoms. The molecule has 0 heterocycles. The molecule has 4 atom stereocenters. The molecule has 0 saturated heterocycles. The summed E-state index contributed by atoms with van der Waals surface area (Å²) in [5.74, 6) is 0.922. The molecule has 0 spiro atoms. The summed E-state index contributed by atoms with van der Waals surface area (Å²) in [5.41, 5.74) is 3.30. The lowest BCUT2D eigenvalue weighted by molar-refractivity contribution is -0.123. The second-order valence-corrected chi connectivity index (χ2v) is 7.43. The minimum atomic E-state index is -0.769. The molecule has 2 aromatic rings. The number of aliphatic hydroxyl groups excluding tert-OH is 1. The summed E-state index contributed by atoms with van der Waals surface area (Å²) in [6.45, 7) is 0.185. The van der Waals surface area contributed by atoms with Crippen LogP contribution in [0.5, 0.6) is 5.75 Å². The number of phenolic OH excluding ortho intramolecular Hbond substituents is 1. The van der Waals surface area contributed by atoms with E-state index in [2.05, 4.69) is 27.3 Å². The molecule has 2 aliphatic rings. The fourth-order valence-electron chi connectivity index (χ4n) is 3.88. The van der Waals surface area contributed by atoms with E-state index in [9.17, 15) is 15.0 Å². The Balaban J connectivity index is 1.36. The standard InChI is InChI=1S/C19H18BrNO3/c20-15-3-1-2-12-13(15)8-14-17(12)18(14)19(24)21-9-16(23)10-4-6-11(22)7-5-10/h1-7,14,16-18,22-23H,8-9H2,(H,21,24). The van der Waals surface area contributed by atoms with Gasteiger partial charge in [-0.1, -0.05) is 40.2 Å². The number of aliphatic hydroxyl groups is 1. The van der Waals surface area contributed by atoms with Gasteiger partial charge in [0.25, 0.3) is 0 Å². The van der Waals surface area contributed by atoms with E-state index in [-0.39, 0.29) is 24.1 Å². The fraction of sp³-hybridized carbons (Fsp3) is 0.316. The highest BCUT2D eigenvalue weighted by atomic mass is 79.9. The topological polar surface area (TPSA) is 69.6 Å². The minimum Gasteiger partial charge on any atom is -0.508 e. The van der Waals surface area contributed by atoms with Crippen LogP contribution in [0.4, 0.5) is 0 Å². The Hall–Kier alpha value is -1.85. The van der Waals surface area contributed by atoms with Crippen molar-refractivity contribution in [2.24, 2.45) is 11.8 Å². The number of amides is 1. The summed E-state index contributed by atoms with van der Waals surface area (Å²) >= 11 is 3.58. The van der Waals surface area contributed by atoms with E-state index < -0.39 is 6.10 Å². The first-order chi connectivity index (χ1) is 11.6. The predicted molar refractivity (Wildman–Crippen MR) is 93.6 cm³/mol. The zero-order chi connectivity index (χ0) is 16.8. The van der Waals surface area contributed by atoms with Gasteiger partial charge in [0.1, 0.15) is 5.75 Å². The zero-order valence-corrected chi connectivity index (χ0v) is 14.5. The number of carbonyl (C=O) groups is 1. The Morgan fingerprint density at radius 1 is 1.25 bits per heavy atom. The van der Waals surface area contributed by atoms with E-state index in [4.69, 9.17) is 0 Å². The number of fused-ring (bicyclic) bond motifs is 3. The first-order valence-corrected chi connectivity index (χ1v) is 8.87. The molecule has 124 valence electrons. The Morgan fingerprint density at radius 2 is 2.00 bits per heavy atom. The number of hydrogen-bond acceptors (Lipinski definition) is 3. The Kier molecular flexibility index (Phi) is 3.85. The first kappa shape index (κ1) is 15.7. The average molecular weight is 388 g/mol. The lowest BCUT2D eigenvalue weighted by atomic mass is 10.0. The van der Waals surface area contributed by atoms with Crippen molar-refractivity contribution in [3.8, 4) is 5.75 Å². The average Bonchev–Trinajstić information content (AvgIpc) is 3.16. The van der Waals surface area contributed by atoms with Crippen LogP contribution < -0.4 is 5.32 Å². The molecule has 5 heteroatoms. The van der Waals surface area contributed by atoms with Crippen molar-refractivity contribution in [1.82, 2.24) is 5.32 Å². The van der Waals surface area contributed by atoms with Crippen molar-refractivity contribution < 1.29 is 15.0 Å². The minimum absolute atomic E-state index is 0.0217. The molecule has 4 unspecified atom stereocenters. The summed E-state index contributed by atoms with van der Waals surface area (Å²) in [6, 6.07) is 12.6. The summed E-state index contributed by atoms with van der Waals surface area (Å²) in [5, 5.41) is 22.3. The van der Waals surface area contributed by atoms with Gasteiger partial charge >= 0.3 is 0 Å². The Morgan fingerprint density at radius 3 is 2.75 bits per heavy atom. The van der Waals surface area contributed by atoms with Gasteiger partial charge in [-0.3, -0.25) is 4.79 Å². The van der Waals surface area contributed by atoms with Gasteiger partial charge in [0, 0.05) is 16.9 Å². The number of carbonyl (C=O) groups excluding carboxylic acids is 1. The van der Waals surface area contributed by atoms with Crippen molar-refractivity contribution in [2.75, 3.05) is 6.54 Å². The first-order valence-electron chi connectivity index (χ1n) is 8.08. The van der Waals surface area contributed by atoms with Gasteiger partial charge in [0.2, 0.25) is 5.91 Å². The van der Waals surface area contributed by atoms with Crippen LogP contribution in [-0.4, -0.2) is 22.7 Å². The second-order valence-electron chi connectivity index (χ2n) is 6.58. The van der Waals surface area contributed by atoms with Crippen LogP contribution in [0.15, 0.2) is 46.9 Å². The molecule has 1 saturated carbocycles. The molecule has 1 fully saturated rings. The highest BCUT2D eigenvalue weighted by molar-refractivity contribution is 9.10. The number of aromatic hydroxyl groups is 1. The van der Waals surface area contributed by atoms with Gasteiger partial charge in [-0.05, 0) is 53.1 Å². The molecule has 24 heavy (non-hydrogen) atoms. The van der Waals surface area contributed by atoms with Gasteiger partial charge in [-0.25, -0.2) is 0 Å². The third kappa shape index (κ3) is 2.62. The number of benzene rings is 2. The SMILES string of the molecule is O=C(NCC(O)c1ccc(O)cc1)C1C2Cc3c(Br)cccc3C21. The molecule has 1 amide bonds. The molecule has 2 aromatic carbocycles. The Bertz CT molecular complexity index is 790. The molecule has 2 aliphatic carbocycles. The van der Waals surface area contributed by atoms with Gasteiger partial charge in [0.15, 0.2) is 0 Å². The summed E-state index contributed by atoms with van der Waals surface area (Å²) in [6.07, 6.45) is 0.176. The number of hydrogen-bond donors (Lipinski definition) is 3. The molecule has 4 rings (SSSR count). The van der Waals surface area contributed by atoms with Gasteiger partial charge < -0.3 is 15.5 Å². The lowest BCUT2D eigenvalue weighted by Crippen LogP contribution is -2.30. The molecule has 4 nitrogen and oxygen atoms in total. The number of phenols is 1. The van der Waals surface area contributed by atoms with E-state index in [1.807, 2.05) is 12.1 Å². The maximum absolute atomic E-state index is 12.4. The quantitative estimate of drug-likeness (QED) is 0.755. The van der Waals surface area contributed by atoms with E-state index in [1.165, 1.54) is 23.3 Å². The van der Waals surface area contributed by atoms with Crippen molar-refractivity contribution in [1.29, 1.82) is 0 Å². The van der Waals surface area contributed by atoms with Crippen LogP contribution in [0.2, 0.25) is 0 Å². The second kappa shape index (κ2) is 5.90. The maximum Gasteiger partial charge on any atom is 0.224 e. The van der Waals surface area contributed by atoms with Crippen molar-refractivity contribution in [3.05, 3.63) is 63.6 Å². The van der Waals surface area contributed by atoms with Crippen LogP contribution in [0.25, 0.3) is 0 Å². The van der Waals surface area contributed by atoms with Gasteiger partial charge in [0.05, 0.1) is 6.10 Å². The third-order valence-corrected chi connectivity index (χ3v) is 5.92. The molecule has 0 aliphatic heterocycles. The number of halogens is 1. The third-order valence-electron chi connectivity index (χ3n) is 5.17. The predicted octanol–water partition coefficient (Wildman–Crippen LogP) is 2.89. The summed E-state index contributed by atoms with van der Waals surface area (Å²) in [4.78, 5) is 12.4. The van der Waals surface area contributed by atoms with E-state index in [0.717, 1.165) is 10.9 Å². The van der Waals surface area contributed by atoms with Gasteiger partial charge in [-0.2, -0.15) is 0 Å². The van der Waals surface area contributed by atoms with Gasteiger partial charge in [-0.15, -0.1) is 0 Å². The van der Waals surface area contributed by atoms with E-state index >= 15 is 0 Å². The highest BCUT2D eigenvalue weighted by Gasteiger charge is 2.59. The lowest BCUT2D eigenvalue weighted by Gasteiger charge is -2.14.